The van der Waals surface area contributed by atoms with Crippen molar-refractivity contribution in [1.82, 2.24) is 9.13 Å². The average Bonchev–Trinajstić information content (AvgIpc) is 3.85. The molecule has 314 valence electrons. The molecule has 9 aromatic carbocycles. The van der Waals surface area contributed by atoms with Crippen LogP contribution in [0.25, 0.3) is 99.5 Å². The van der Waals surface area contributed by atoms with E-state index in [1.54, 1.807) is 6.07 Å². The number of para-hydroxylation sites is 2. The van der Waals surface area contributed by atoms with Crippen LogP contribution in [0.1, 0.15) is 27.8 Å². The van der Waals surface area contributed by atoms with Gasteiger partial charge < -0.3 is 9.13 Å². The maximum Gasteiger partial charge on any atom is 0.416 e. The topological polar surface area (TPSA) is 57.4 Å². The molecule has 2 heterocycles. The van der Waals surface area contributed by atoms with Gasteiger partial charge in [-0.25, -0.2) is 0 Å². The SMILES string of the molecule is Cc1ccc(-c2ccc3c(c2)c2ccccc2n3-c2ccc(-c3ccc(C(F)(F)F)cc3C#N)c(-c3cc(C#N)ccc3-n3c4ccccc4c4cc(-c5ccc(C)cc5)ccc43)c2)cc1. The van der Waals surface area contributed by atoms with Crippen molar-refractivity contribution in [2.45, 2.75) is 20.0 Å². The van der Waals surface area contributed by atoms with Gasteiger partial charge in [0.1, 0.15) is 0 Å². The summed E-state index contributed by atoms with van der Waals surface area (Å²) in [6, 6.07) is 65.5. The molecule has 11 rings (SSSR count). The Kier molecular flexibility index (Phi) is 9.46. The molecule has 66 heavy (non-hydrogen) atoms. The summed E-state index contributed by atoms with van der Waals surface area (Å²) in [4.78, 5) is 0. The molecule has 0 amide bonds. The van der Waals surface area contributed by atoms with Crippen LogP contribution in [0.2, 0.25) is 0 Å². The summed E-state index contributed by atoms with van der Waals surface area (Å²) in [5.41, 5.74) is 13.7. The number of aromatic nitrogens is 2. The van der Waals surface area contributed by atoms with E-state index in [0.29, 0.717) is 27.8 Å². The summed E-state index contributed by atoms with van der Waals surface area (Å²) < 4.78 is 46.8. The first-order valence-corrected chi connectivity index (χ1v) is 21.6. The van der Waals surface area contributed by atoms with Crippen LogP contribution in [0.4, 0.5) is 13.2 Å². The summed E-state index contributed by atoms with van der Waals surface area (Å²) in [7, 11) is 0. The molecule has 0 saturated carbocycles. The number of alkyl halides is 3. The van der Waals surface area contributed by atoms with Crippen LogP contribution in [0.5, 0.6) is 0 Å². The van der Waals surface area contributed by atoms with Gasteiger partial charge in [-0.05, 0) is 126 Å². The van der Waals surface area contributed by atoms with Crippen LogP contribution < -0.4 is 0 Å². The van der Waals surface area contributed by atoms with E-state index in [1.165, 1.54) is 17.2 Å². The molecule has 11 aromatic rings. The average molecular weight is 859 g/mol. The van der Waals surface area contributed by atoms with Gasteiger partial charge in [-0.2, -0.15) is 23.7 Å². The number of halogens is 3. The van der Waals surface area contributed by atoms with Crippen molar-refractivity contribution in [3.8, 4) is 68.0 Å². The van der Waals surface area contributed by atoms with Crippen molar-refractivity contribution in [2.75, 3.05) is 0 Å². The number of hydrogen-bond acceptors (Lipinski definition) is 2. The molecule has 0 aliphatic carbocycles. The maximum absolute atomic E-state index is 14.1. The van der Waals surface area contributed by atoms with Crippen LogP contribution in [-0.2, 0) is 6.18 Å². The third-order valence-electron chi connectivity index (χ3n) is 12.8. The predicted molar refractivity (Wildman–Crippen MR) is 261 cm³/mol. The van der Waals surface area contributed by atoms with Gasteiger partial charge >= 0.3 is 6.18 Å². The normalized spacial score (nSPS) is 11.7. The fourth-order valence-electron chi connectivity index (χ4n) is 9.53. The predicted octanol–water partition coefficient (Wildman–Crippen LogP) is 15.9. The fourth-order valence-corrected chi connectivity index (χ4v) is 9.53. The highest BCUT2D eigenvalue weighted by molar-refractivity contribution is 6.12. The molecule has 0 bridgehead atoms. The van der Waals surface area contributed by atoms with Gasteiger partial charge in [0.05, 0.1) is 56.6 Å². The number of hydrogen-bond donors (Lipinski definition) is 0. The van der Waals surface area contributed by atoms with E-state index in [2.05, 4.69) is 144 Å². The largest absolute Gasteiger partial charge is 0.416 e. The quantitative estimate of drug-likeness (QED) is 0.167. The van der Waals surface area contributed by atoms with Crippen molar-refractivity contribution in [3.05, 3.63) is 216 Å². The molecule has 0 spiro atoms. The van der Waals surface area contributed by atoms with Crippen molar-refractivity contribution < 1.29 is 13.2 Å². The van der Waals surface area contributed by atoms with Crippen molar-refractivity contribution in [3.63, 3.8) is 0 Å². The second-order valence-corrected chi connectivity index (χ2v) is 16.8. The van der Waals surface area contributed by atoms with Crippen LogP contribution in [0.15, 0.2) is 188 Å². The van der Waals surface area contributed by atoms with E-state index in [9.17, 15) is 23.7 Å². The summed E-state index contributed by atoms with van der Waals surface area (Å²) in [6.07, 6.45) is -4.64. The first-order chi connectivity index (χ1) is 32.1. The molecule has 2 aromatic heterocycles. The van der Waals surface area contributed by atoms with Crippen LogP contribution in [0.3, 0.4) is 0 Å². The number of nitriles is 2. The Balaban J connectivity index is 1.20. The Hall–Kier alpha value is -8.65. The summed E-state index contributed by atoms with van der Waals surface area (Å²) >= 11 is 0. The zero-order valence-electron chi connectivity index (χ0n) is 35.8. The van der Waals surface area contributed by atoms with Crippen LogP contribution in [0, 0.1) is 36.5 Å². The monoisotopic (exact) mass is 858 g/mol. The van der Waals surface area contributed by atoms with E-state index >= 15 is 0 Å². The first kappa shape index (κ1) is 40.1. The maximum atomic E-state index is 14.1. The lowest BCUT2D eigenvalue weighted by Crippen LogP contribution is -2.06. The van der Waals surface area contributed by atoms with Crippen LogP contribution in [-0.4, -0.2) is 9.13 Å². The Morgan fingerprint density at radius 2 is 0.939 bits per heavy atom. The van der Waals surface area contributed by atoms with E-state index in [1.807, 2.05) is 54.6 Å². The molecule has 7 heteroatoms. The van der Waals surface area contributed by atoms with Crippen molar-refractivity contribution in [2.24, 2.45) is 0 Å². The highest BCUT2D eigenvalue weighted by Gasteiger charge is 2.32. The third-order valence-corrected chi connectivity index (χ3v) is 12.8. The second-order valence-electron chi connectivity index (χ2n) is 16.8. The Bertz CT molecular complexity index is 3840. The summed E-state index contributed by atoms with van der Waals surface area (Å²) in [5.74, 6) is 0. The molecule has 0 aliphatic heterocycles. The minimum Gasteiger partial charge on any atom is -0.309 e. The molecule has 0 atom stereocenters. The second kappa shape index (κ2) is 15.6. The van der Waals surface area contributed by atoms with Gasteiger partial charge in [0.25, 0.3) is 0 Å². The fraction of sp³-hybridized carbons (Fsp3) is 0.0508. The lowest BCUT2D eigenvalue weighted by atomic mass is 9.89. The lowest BCUT2D eigenvalue weighted by Gasteiger charge is -2.20. The van der Waals surface area contributed by atoms with E-state index in [0.717, 1.165) is 89.4 Å². The summed E-state index contributed by atoms with van der Waals surface area (Å²) in [6.45, 7) is 4.14. The molecule has 0 fully saturated rings. The number of benzene rings is 9. The molecule has 0 saturated heterocycles. The van der Waals surface area contributed by atoms with Gasteiger partial charge in [0, 0.05) is 38.4 Å². The highest BCUT2D eigenvalue weighted by atomic mass is 19.4. The van der Waals surface area contributed by atoms with Crippen molar-refractivity contribution in [1.29, 1.82) is 10.5 Å². The highest BCUT2D eigenvalue weighted by Crippen LogP contribution is 2.45. The van der Waals surface area contributed by atoms with Gasteiger partial charge in [-0.15, -0.1) is 0 Å². The smallest absolute Gasteiger partial charge is 0.309 e. The van der Waals surface area contributed by atoms with Crippen LogP contribution >= 0.6 is 0 Å². The van der Waals surface area contributed by atoms with Gasteiger partial charge in [-0.1, -0.05) is 120 Å². The molecule has 0 radical (unpaired) electrons. The molecule has 0 unspecified atom stereocenters. The van der Waals surface area contributed by atoms with Gasteiger partial charge in [-0.3, -0.25) is 0 Å². The zero-order valence-corrected chi connectivity index (χ0v) is 35.8. The van der Waals surface area contributed by atoms with Gasteiger partial charge in [0.15, 0.2) is 0 Å². The Labute approximate surface area is 378 Å². The number of rotatable bonds is 6. The number of fused-ring (bicyclic) bond motifs is 6. The minimum atomic E-state index is -4.64. The van der Waals surface area contributed by atoms with Crippen molar-refractivity contribution >= 4 is 43.6 Å². The lowest BCUT2D eigenvalue weighted by molar-refractivity contribution is -0.137. The zero-order chi connectivity index (χ0) is 45.3. The first-order valence-electron chi connectivity index (χ1n) is 21.6. The Morgan fingerprint density at radius 3 is 1.52 bits per heavy atom. The van der Waals surface area contributed by atoms with Gasteiger partial charge in [0.2, 0.25) is 0 Å². The molecule has 0 aliphatic rings. The standard InChI is InChI=1S/C59H37F3N4/c1-36-11-16-39(17-12-36)41-20-27-56-52(31-41)48-7-3-5-9-54(48)65(56)45-23-25-47(46-24-22-44(59(60,61)62)30-43(46)35-64)50(33-45)51-29-38(34-63)15-26-57(51)66-55-10-6-4-8-49(55)53-32-42(21-28-58(53)66)40-18-13-37(2)14-19-40/h3-33H,1-2H3. The minimum absolute atomic E-state index is 0.113. The molecular formula is C59H37F3N4. The van der Waals surface area contributed by atoms with E-state index < -0.39 is 11.7 Å². The molecular weight excluding hydrogens is 822 g/mol. The summed E-state index contributed by atoms with van der Waals surface area (Å²) in [5, 5.41) is 25.1. The third kappa shape index (κ3) is 6.69. The van der Waals surface area contributed by atoms with E-state index in [-0.39, 0.29) is 5.56 Å². The number of aryl methyl sites for hydroxylation is 2. The van der Waals surface area contributed by atoms with E-state index in [4.69, 9.17) is 0 Å². The Morgan fingerprint density at radius 1 is 0.409 bits per heavy atom. The number of nitrogens with zero attached hydrogens (tertiary/aromatic N) is 4. The molecule has 0 N–H and O–H groups in total. The molecule has 4 nitrogen and oxygen atoms in total.